The number of thiazole rings is 1. The number of sulfonamides is 1. The van der Waals surface area contributed by atoms with E-state index in [0.29, 0.717) is 28.6 Å². The molecule has 192 valence electrons. The third-order valence-corrected chi connectivity index (χ3v) is 7.88. The Labute approximate surface area is 214 Å². The number of rotatable bonds is 8. The highest BCUT2D eigenvalue weighted by molar-refractivity contribution is 7.89. The molecule has 0 atom stereocenters. The van der Waals surface area contributed by atoms with Crippen molar-refractivity contribution in [2.75, 3.05) is 0 Å². The Balaban J connectivity index is 1.70. The number of hydrogen-bond donors (Lipinski definition) is 1. The van der Waals surface area contributed by atoms with Crippen molar-refractivity contribution >= 4 is 27.1 Å². The molecule has 2 N–H and O–H groups in total. The number of halogens is 3. The van der Waals surface area contributed by atoms with E-state index in [2.05, 4.69) is 10.1 Å². The van der Waals surface area contributed by atoms with Gasteiger partial charge in [-0.15, -0.1) is 11.3 Å². The van der Waals surface area contributed by atoms with E-state index in [1.807, 2.05) is 0 Å². The van der Waals surface area contributed by atoms with Crippen molar-refractivity contribution in [1.82, 2.24) is 14.8 Å². The van der Waals surface area contributed by atoms with Crippen LogP contribution in [0.1, 0.15) is 47.1 Å². The number of nitrogens with two attached hydrogens (primary N) is 1. The van der Waals surface area contributed by atoms with Gasteiger partial charge >= 0.3 is 0 Å². The standard InChI is InChI=1S/C25H21F3N4O3S2/c1-13(33)21-12-36-25(30-21)32-22(8-14-2-3-14)19(24(31-32)16-9-17(26)11-18(27)10-16)6-15-4-5-23(20(28)7-15)37(29,34)35/h4-5,7,9-12,14H,2-3,6,8H2,1H3,(H2,29,34,35). The van der Waals surface area contributed by atoms with Crippen LogP contribution >= 0.6 is 11.3 Å². The number of primary sulfonamides is 1. The molecule has 2 aromatic heterocycles. The summed E-state index contributed by atoms with van der Waals surface area (Å²) in [5, 5.41) is 11.8. The summed E-state index contributed by atoms with van der Waals surface area (Å²) in [6.45, 7) is 1.40. The topological polar surface area (TPSA) is 108 Å². The van der Waals surface area contributed by atoms with Crippen LogP contribution in [-0.4, -0.2) is 29.0 Å². The molecule has 0 bridgehead atoms. The van der Waals surface area contributed by atoms with Gasteiger partial charge in [-0.2, -0.15) is 5.10 Å². The second-order valence-electron chi connectivity index (χ2n) is 9.05. The second-order valence-corrected chi connectivity index (χ2v) is 11.4. The summed E-state index contributed by atoms with van der Waals surface area (Å²) in [7, 11) is -4.25. The number of carbonyl (C=O) groups is 1. The normalized spacial score (nSPS) is 13.8. The summed E-state index contributed by atoms with van der Waals surface area (Å²) in [4.78, 5) is 15.6. The summed E-state index contributed by atoms with van der Waals surface area (Å²) < 4.78 is 67.9. The Hall–Kier alpha value is -3.35. The van der Waals surface area contributed by atoms with Crippen LogP contribution in [0.25, 0.3) is 16.4 Å². The molecule has 37 heavy (non-hydrogen) atoms. The lowest BCUT2D eigenvalue weighted by molar-refractivity contribution is 0.101. The average Bonchev–Trinajstić information content (AvgIpc) is 3.35. The van der Waals surface area contributed by atoms with Gasteiger partial charge in [-0.05, 0) is 55.0 Å². The first-order chi connectivity index (χ1) is 17.5. The fourth-order valence-electron chi connectivity index (χ4n) is 4.17. The Morgan fingerprint density at radius 2 is 1.84 bits per heavy atom. The van der Waals surface area contributed by atoms with Crippen LogP contribution < -0.4 is 5.14 Å². The average molecular weight is 547 g/mol. The summed E-state index contributed by atoms with van der Waals surface area (Å²) in [5.74, 6) is -2.40. The van der Waals surface area contributed by atoms with E-state index in [9.17, 15) is 26.4 Å². The van der Waals surface area contributed by atoms with Crippen LogP contribution in [0.5, 0.6) is 0 Å². The highest BCUT2D eigenvalue weighted by Gasteiger charge is 2.29. The molecule has 4 aromatic rings. The molecule has 1 fully saturated rings. The molecule has 0 radical (unpaired) electrons. The van der Waals surface area contributed by atoms with E-state index >= 15 is 0 Å². The number of ketones is 1. The molecule has 7 nitrogen and oxygen atoms in total. The monoisotopic (exact) mass is 546 g/mol. The van der Waals surface area contributed by atoms with E-state index in [0.717, 1.165) is 48.9 Å². The number of Topliss-reactive ketones (excluding diaryl/α,β-unsaturated/α-hetero) is 1. The maximum absolute atomic E-state index is 14.6. The highest BCUT2D eigenvalue weighted by atomic mass is 32.2. The van der Waals surface area contributed by atoms with Crippen LogP contribution in [-0.2, 0) is 22.9 Å². The fourth-order valence-corrected chi connectivity index (χ4v) is 5.60. The maximum Gasteiger partial charge on any atom is 0.240 e. The van der Waals surface area contributed by atoms with Crippen LogP contribution in [0.2, 0.25) is 0 Å². The lowest BCUT2D eigenvalue weighted by Crippen LogP contribution is -2.14. The summed E-state index contributed by atoms with van der Waals surface area (Å²) >= 11 is 1.21. The van der Waals surface area contributed by atoms with E-state index in [1.165, 1.54) is 24.3 Å². The van der Waals surface area contributed by atoms with Crippen molar-refractivity contribution in [3.05, 3.63) is 81.7 Å². The minimum atomic E-state index is -4.25. The second kappa shape index (κ2) is 9.51. The SMILES string of the molecule is CC(=O)c1csc(-n2nc(-c3cc(F)cc(F)c3)c(Cc3ccc(S(N)(=O)=O)c(F)c3)c2CC2CC2)n1. The molecule has 1 saturated carbocycles. The minimum Gasteiger partial charge on any atom is -0.293 e. The number of hydrogen-bond acceptors (Lipinski definition) is 6. The number of aromatic nitrogens is 3. The molecular formula is C25H21F3N4O3S2. The lowest BCUT2D eigenvalue weighted by Gasteiger charge is -2.10. The predicted molar refractivity (Wildman–Crippen MR) is 132 cm³/mol. The van der Waals surface area contributed by atoms with Gasteiger partial charge in [0, 0.05) is 35.9 Å². The third-order valence-electron chi connectivity index (χ3n) is 6.12. The first-order valence-corrected chi connectivity index (χ1v) is 13.8. The predicted octanol–water partition coefficient (Wildman–Crippen LogP) is 4.81. The van der Waals surface area contributed by atoms with Gasteiger partial charge in [0.25, 0.3) is 0 Å². The molecule has 1 aliphatic rings. The fraction of sp³-hybridized carbons (Fsp3) is 0.240. The van der Waals surface area contributed by atoms with E-state index in [1.54, 1.807) is 10.1 Å². The Morgan fingerprint density at radius 1 is 1.14 bits per heavy atom. The van der Waals surface area contributed by atoms with Crippen molar-refractivity contribution in [2.24, 2.45) is 11.1 Å². The Morgan fingerprint density at radius 3 is 2.41 bits per heavy atom. The first-order valence-electron chi connectivity index (χ1n) is 11.3. The van der Waals surface area contributed by atoms with Gasteiger partial charge in [0.15, 0.2) is 5.78 Å². The molecule has 5 rings (SSSR count). The molecule has 1 aliphatic carbocycles. The third kappa shape index (κ3) is 5.36. The van der Waals surface area contributed by atoms with Crippen molar-refractivity contribution in [2.45, 2.75) is 37.5 Å². The minimum absolute atomic E-state index is 0.0995. The zero-order chi connectivity index (χ0) is 26.5. The molecular weight excluding hydrogens is 525 g/mol. The van der Waals surface area contributed by atoms with Gasteiger partial charge in [-0.3, -0.25) is 4.79 Å². The van der Waals surface area contributed by atoms with Crippen molar-refractivity contribution in [3.8, 4) is 16.4 Å². The zero-order valence-corrected chi connectivity index (χ0v) is 21.2. The van der Waals surface area contributed by atoms with E-state index < -0.39 is 32.4 Å². The van der Waals surface area contributed by atoms with Crippen LogP contribution in [0.15, 0.2) is 46.7 Å². The zero-order valence-electron chi connectivity index (χ0n) is 19.5. The van der Waals surface area contributed by atoms with Crippen molar-refractivity contribution in [1.29, 1.82) is 0 Å². The molecule has 0 saturated heterocycles. The molecule has 0 unspecified atom stereocenters. The summed E-state index contributed by atoms with van der Waals surface area (Å²) in [5.41, 5.74) is 2.48. The van der Waals surface area contributed by atoms with Crippen LogP contribution in [0.3, 0.4) is 0 Å². The number of benzene rings is 2. The quantitative estimate of drug-likeness (QED) is 0.319. The molecule has 2 heterocycles. The van der Waals surface area contributed by atoms with Crippen molar-refractivity contribution < 1.29 is 26.4 Å². The summed E-state index contributed by atoms with van der Waals surface area (Å²) in [6, 6.07) is 6.68. The van der Waals surface area contributed by atoms with Gasteiger partial charge in [0.2, 0.25) is 15.2 Å². The molecule has 12 heteroatoms. The molecule has 2 aromatic carbocycles. The van der Waals surface area contributed by atoms with Crippen LogP contribution in [0.4, 0.5) is 13.2 Å². The molecule has 0 spiro atoms. The number of carbonyl (C=O) groups excluding carboxylic acids is 1. The smallest absolute Gasteiger partial charge is 0.240 e. The van der Waals surface area contributed by atoms with Gasteiger partial charge in [-0.25, -0.2) is 36.4 Å². The number of nitrogens with zero attached hydrogens (tertiary/aromatic N) is 3. The summed E-state index contributed by atoms with van der Waals surface area (Å²) in [6.07, 6.45) is 2.70. The van der Waals surface area contributed by atoms with Gasteiger partial charge in [0.1, 0.15) is 28.0 Å². The molecule has 0 amide bonds. The maximum atomic E-state index is 14.6. The molecule has 0 aliphatic heterocycles. The van der Waals surface area contributed by atoms with Crippen LogP contribution in [0, 0.1) is 23.4 Å². The van der Waals surface area contributed by atoms with Gasteiger partial charge in [0.05, 0.1) is 11.4 Å². The first kappa shape index (κ1) is 25.3. The van der Waals surface area contributed by atoms with Crippen molar-refractivity contribution in [3.63, 3.8) is 0 Å². The van der Waals surface area contributed by atoms with E-state index in [-0.39, 0.29) is 29.2 Å². The lowest BCUT2D eigenvalue weighted by atomic mass is 9.97. The van der Waals surface area contributed by atoms with Gasteiger partial charge < -0.3 is 0 Å². The Bertz CT molecular complexity index is 1620. The van der Waals surface area contributed by atoms with E-state index in [4.69, 9.17) is 5.14 Å². The largest absolute Gasteiger partial charge is 0.293 e. The Kier molecular flexibility index (Phi) is 6.50. The van der Waals surface area contributed by atoms with Gasteiger partial charge in [-0.1, -0.05) is 6.07 Å². The highest BCUT2D eigenvalue weighted by Crippen LogP contribution is 2.38.